The van der Waals surface area contributed by atoms with Gasteiger partial charge < -0.3 is 9.80 Å². The zero-order valence-corrected chi connectivity index (χ0v) is 12.5. The topological polar surface area (TPSA) is 23.6 Å². The number of hydrogen-bond acceptors (Lipinski definition) is 2. The molecule has 2 rings (SSSR count). The Morgan fingerprint density at radius 1 is 1.16 bits per heavy atom. The highest BCUT2D eigenvalue weighted by atomic mass is 35.5. The molecule has 0 aliphatic carbocycles. The number of carbonyl (C=O) groups excluding carboxylic acids is 1. The Hall–Kier alpha value is -0.770. The molecule has 3 nitrogen and oxygen atoms in total. The van der Waals surface area contributed by atoms with Gasteiger partial charge in [-0.1, -0.05) is 29.3 Å². The summed E-state index contributed by atoms with van der Waals surface area (Å²) >= 11 is 12.2. The van der Waals surface area contributed by atoms with Crippen molar-refractivity contribution in [2.24, 2.45) is 0 Å². The van der Waals surface area contributed by atoms with Crippen molar-refractivity contribution in [1.82, 2.24) is 9.80 Å². The molecule has 1 aromatic rings. The fourth-order valence-corrected chi connectivity index (χ4v) is 2.79. The summed E-state index contributed by atoms with van der Waals surface area (Å²) in [4.78, 5) is 16.5. The van der Waals surface area contributed by atoms with Crippen LogP contribution in [0.2, 0.25) is 10.0 Å². The summed E-state index contributed by atoms with van der Waals surface area (Å²) in [6.07, 6.45) is 1.29. The van der Waals surface area contributed by atoms with E-state index in [2.05, 4.69) is 11.9 Å². The number of carbonyl (C=O) groups is 1. The van der Waals surface area contributed by atoms with E-state index in [9.17, 15) is 4.79 Å². The number of rotatable bonds is 2. The van der Waals surface area contributed by atoms with Gasteiger partial charge in [0.05, 0.1) is 6.42 Å². The summed E-state index contributed by atoms with van der Waals surface area (Å²) in [5, 5.41) is 1.13. The minimum Gasteiger partial charge on any atom is -0.341 e. The molecule has 1 fully saturated rings. The van der Waals surface area contributed by atoms with Gasteiger partial charge in [0.15, 0.2) is 0 Å². The molecule has 0 N–H and O–H groups in total. The second-order valence-corrected chi connectivity index (χ2v) is 5.73. The number of hydrogen-bond donors (Lipinski definition) is 0. The van der Waals surface area contributed by atoms with Crippen molar-refractivity contribution >= 4 is 29.1 Å². The number of likely N-dealkylation sites (N-methyl/N-ethyl adjacent to an activating group) is 1. The van der Waals surface area contributed by atoms with Crippen molar-refractivity contribution < 1.29 is 4.79 Å². The molecule has 5 heteroatoms. The van der Waals surface area contributed by atoms with Gasteiger partial charge in [-0.25, -0.2) is 0 Å². The molecule has 0 saturated carbocycles. The van der Waals surface area contributed by atoms with E-state index in [0.717, 1.165) is 38.2 Å². The molecule has 104 valence electrons. The minimum absolute atomic E-state index is 0.102. The van der Waals surface area contributed by atoms with Crippen molar-refractivity contribution in [3.8, 4) is 0 Å². The van der Waals surface area contributed by atoms with Crippen LogP contribution in [-0.2, 0) is 11.2 Å². The van der Waals surface area contributed by atoms with Gasteiger partial charge in [-0.05, 0) is 37.7 Å². The number of amides is 1. The summed E-state index contributed by atoms with van der Waals surface area (Å²) in [5.41, 5.74) is 0.730. The first-order valence-corrected chi connectivity index (χ1v) is 7.22. The maximum absolute atomic E-state index is 12.3. The van der Waals surface area contributed by atoms with E-state index in [-0.39, 0.29) is 12.3 Å². The molecule has 19 heavy (non-hydrogen) atoms. The molecule has 1 heterocycles. The molecule has 1 amide bonds. The van der Waals surface area contributed by atoms with Crippen molar-refractivity contribution in [2.45, 2.75) is 12.8 Å². The van der Waals surface area contributed by atoms with Crippen LogP contribution in [0, 0.1) is 0 Å². The van der Waals surface area contributed by atoms with Gasteiger partial charge in [-0.3, -0.25) is 4.79 Å². The van der Waals surface area contributed by atoms with Crippen molar-refractivity contribution in [1.29, 1.82) is 0 Å². The van der Waals surface area contributed by atoms with E-state index in [4.69, 9.17) is 23.2 Å². The highest BCUT2D eigenvalue weighted by molar-refractivity contribution is 6.36. The van der Waals surface area contributed by atoms with Gasteiger partial charge in [-0.15, -0.1) is 0 Å². The average Bonchev–Trinajstić information content (AvgIpc) is 2.59. The Bertz CT molecular complexity index is 445. The van der Waals surface area contributed by atoms with Crippen LogP contribution in [0.25, 0.3) is 0 Å². The molecule has 1 aliphatic rings. The van der Waals surface area contributed by atoms with Gasteiger partial charge in [0.2, 0.25) is 5.91 Å². The van der Waals surface area contributed by atoms with Crippen LogP contribution < -0.4 is 0 Å². The second-order valence-electron chi connectivity index (χ2n) is 4.91. The first-order valence-electron chi connectivity index (χ1n) is 6.47. The molecule has 1 aliphatic heterocycles. The second kappa shape index (κ2) is 6.60. The highest BCUT2D eigenvalue weighted by Crippen LogP contribution is 2.25. The van der Waals surface area contributed by atoms with E-state index in [1.807, 2.05) is 4.90 Å². The smallest absolute Gasteiger partial charge is 0.227 e. The summed E-state index contributed by atoms with van der Waals surface area (Å²) in [7, 11) is 2.08. The number of benzene rings is 1. The van der Waals surface area contributed by atoms with E-state index < -0.39 is 0 Å². The quantitative estimate of drug-likeness (QED) is 0.838. The number of halogens is 2. The van der Waals surface area contributed by atoms with Crippen molar-refractivity contribution in [2.75, 3.05) is 33.2 Å². The lowest BCUT2D eigenvalue weighted by Crippen LogP contribution is -2.35. The fraction of sp³-hybridized carbons (Fsp3) is 0.500. The molecule has 0 atom stereocenters. The highest BCUT2D eigenvalue weighted by Gasteiger charge is 2.19. The summed E-state index contributed by atoms with van der Waals surface area (Å²) in [5.74, 6) is 0.102. The Kier molecular flexibility index (Phi) is 5.08. The SMILES string of the molecule is CN1CCCN(C(=O)Cc2c(Cl)cccc2Cl)CC1. The first kappa shape index (κ1) is 14.6. The minimum atomic E-state index is 0.102. The van der Waals surface area contributed by atoms with Crippen molar-refractivity contribution in [3.63, 3.8) is 0 Å². The van der Waals surface area contributed by atoms with Crippen LogP contribution >= 0.6 is 23.2 Å². The molecule has 0 aromatic heterocycles. The lowest BCUT2D eigenvalue weighted by molar-refractivity contribution is -0.130. The third kappa shape index (κ3) is 3.85. The predicted molar refractivity (Wildman–Crippen MR) is 78.9 cm³/mol. The van der Waals surface area contributed by atoms with Gasteiger partial charge in [0, 0.05) is 29.7 Å². The van der Waals surface area contributed by atoms with Gasteiger partial charge >= 0.3 is 0 Å². The maximum Gasteiger partial charge on any atom is 0.227 e. The first-order chi connectivity index (χ1) is 9.08. The molecular weight excluding hydrogens is 283 g/mol. The maximum atomic E-state index is 12.3. The molecule has 1 aromatic carbocycles. The zero-order valence-electron chi connectivity index (χ0n) is 11.0. The zero-order chi connectivity index (χ0) is 13.8. The summed E-state index contributed by atoms with van der Waals surface area (Å²) in [6.45, 7) is 3.54. The molecular formula is C14H18Cl2N2O. The lowest BCUT2D eigenvalue weighted by atomic mass is 10.1. The molecule has 0 spiro atoms. The normalized spacial score (nSPS) is 17.3. The van der Waals surface area contributed by atoms with Crippen LogP contribution in [0.4, 0.5) is 0 Å². The van der Waals surface area contributed by atoms with Gasteiger partial charge in [0.25, 0.3) is 0 Å². The predicted octanol–water partition coefficient (Wildman–Crippen LogP) is 2.70. The molecule has 0 bridgehead atoms. The third-order valence-electron chi connectivity index (χ3n) is 3.46. The van der Waals surface area contributed by atoms with Crippen LogP contribution in [0.5, 0.6) is 0 Å². The number of nitrogens with zero attached hydrogens (tertiary/aromatic N) is 2. The third-order valence-corrected chi connectivity index (χ3v) is 4.17. The Morgan fingerprint density at radius 3 is 2.53 bits per heavy atom. The Morgan fingerprint density at radius 2 is 1.84 bits per heavy atom. The van der Waals surface area contributed by atoms with E-state index in [1.165, 1.54) is 0 Å². The van der Waals surface area contributed by atoms with Crippen LogP contribution in [0.15, 0.2) is 18.2 Å². The fourth-order valence-electron chi connectivity index (χ4n) is 2.26. The lowest BCUT2D eigenvalue weighted by Gasteiger charge is -2.21. The van der Waals surface area contributed by atoms with Gasteiger partial charge in [0.1, 0.15) is 0 Å². The molecule has 0 unspecified atom stereocenters. The van der Waals surface area contributed by atoms with Crippen LogP contribution in [-0.4, -0.2) is 48.9 Å². The van der Waals surface area contributed by atoms with Crippen LogP contribution in [0.3, 0.4) is 0 Å². The van der Waals surface area contributed by atoms with Gasteiger partial charge in [-0.2, -0.15) is 0 Å². The molecule has 0 radical (unpaired) electrons. The van der Waals surface area contributed by atoms with Crippen molar-refractivity contribution in [3.05, 3.63) is 33.8 Å². The van der Waals surface area contributed by atoms with Crippen LogP contribution in [0.1, 0.15) is 12.0 Å². The van der Waals surface area contributed by atoms with E-state index in [0.29, 0.717) is 10.0 Å². The Labute approximate surface area is 124 Å². The largest absolute Gasteiger partial charge is 0.341 e. The Balaban J connectivity index is 2.04. The van der Waals surface area contributed by atoms with E-state index >= 15 is 0 Å². The summed E-state index contributed by atoms with van der Waals surface area (Å²) < 4.78 is 0. The molecule has 1 saturated heterocycles. The average molecular weight is 301 g/mol. The summed E-state index contributed by atoms with van der Waals surface area (Å²) in [6, 6.07) is 5.33. The monoisotopic (exact) mass is 300 g/mol. The standard InChI is InChI=1S/C14H18Cl2N2O/c1-17-6-3-7-18(9-8-17)14(19)10-11-12(15)4-2-5-13(11)16/h2,4-5H,3,6-10H2,1H3. The van der Waals surface area contributed by atoms with E-state index in [1.54, 1.807) is 18.2 Å².